The average Bonchev–Trinajstić information content (AvgIpc) is 3.05. The van der Waals surface area contributed by atoms with E-state index in [2.05, 4.69) is 6.92 Å². The molecule has 0 aliphatic rings. The van der Waals surface area contributed by atoms with Gasteiger partial charge >= 0.3 is 0 Å². The van der Waals surface area contributed by atoms with Crippen molar-refractivity contribution < 1.29 is 21.8 Å². The Labute approximate surface area is 160 Å². The van der Waals surface area contributed by atoms with Crippen LogP contribution in [0.3, 0.4) is 0 Å². The molecule has 6 heteroatoms. The molecule has 0 fully saturated rings. The molecule has 0 bridgehead atoms. The molecule has 0 radical (unpaired) electrons. The summed E-state index contributed by atoms with van der Waals surface area (Å²) in [7, 11) is -3.43. The predicted octanol–water partition coefficient (Wildman–Crippen LogP) is 5.01. The minimum Gasteiger partial charge on any atom is -0.490 e. The fourth-order valence-electron chi connectivity index (χ4n) is 3.03. The Balaban J connectivity index is 1.74. The molecular formula is C21H24O5S. The third-order valence-corrected chi connectivity index (χ3v) is 4.88. The molecule has 1 unspecified atom stereocenters. The van der Waals surface area contributed by atoms with E-state index in [0.717, 1.165) is 41.2 Å². The Hall–Kier alpha value is -2.31. The van der Waals surface area contributed by atoms with Crippen LogP contribution < -0.4 is 4.74 Å². The molecule has 1 heterocycles. The van der Waals surface area contributed by atoms with Crippen molar-refractivity contribution in [2.45, 2.75) is 32.3 Å². The maximum Gasteiger partial charge on any atom is 0.264 e. The highest BCUT2D eigenvalue weighted by molar-refractivity contribution is 7.85. The first-order chi connectivity index (χ1) is 13.0. The monoisotopic (exact) mass is 388 g/mol. The van der Waals surface area contributed by atoms with E-state index in [0.29, 0.717) is 12.2 Å². The van der Waals surface area contributed by atoms with E-state index in [-0.39, 0.29) is 12.7 Å². The molecular weight excluding hydrogens is 364 g/mol. The Morgan fingerprint density at radius 1 is 1.07 bits per heavy atom. The molecule has 0 aliphatic heterocycles. The van der Waals surface area contributed by atoms with Crippen molar-refractivity contribution in [2.24, 2.45) is 0 Å². The van der Waals surface area contributed by atoms with Gasteiger partial charge in [0.15, 0.2) is 0 Å². The van der Waals surface area contributed by atoms with Crippen LogP contribution in [0.1, 0.15) is 26.2 Å². The summed E-state index contributed by atoms with van der Waals surface area (Å²) in [5.41, 5.74) is 2.91. The molecule has 0 spiro atoms. The maximum absolute atomic E-state index is 11.1. The van der Waals surface area contributed by atoms with Crippen molar-refractivity contribution in [3.05, 3.63) is 54.8 Å². The summed E-state index contributed by atoms with van der Waals surface area (Å²) in [6.45, 7) is 2.18. The summed E-state index contributed by atoms with van der Waals surface area (Å²) in [6, 6.07) is 15.9. The number of furan rings is 1. The number of fused-ring (bicyclic) bond motifs is 1. The third kappa shape index (κ3) is 5.34. The average molecular weight is 388 g/mol. The fraction of sp³-hybridized carbons (Fsp3) is 0.333. The van der Waals surface area contributed by atoms with Crippen LogP contribution in [-0.2, 0) is 14.3 Å². The van der Waals surface area contributed by atoms with E-state index < -0.39 is 10.1 Å². The third-order valence-electron chi connectivity index (χ3n) is 4.28. The second kappa shape index (κ2) is 8.59. The molecule has 0 N–H and O–H groups in total. The maximum atomic E-state index is 11.1. The van der Waals surface area contributed by atoms with Crippen molar-refractivity contribution in [2.75, 3.05) is 12.9 Å². The van der Waals surface area contributed by atoms with E-state index in [1.807, 2.05) is 48.5 Å². The first-order valence-corrected chi connectivity index (χ1v) is 10.9. The smallest absolute Gasteiger partial charge is 0.264 e. The van der Waals surface area contributed by atoms with Crippen LogP contribution in [0.4, 0.5) is 0 Å². The molecule has 2 aromatic carbocycles. The molecule has 0 saturated carbocycles. The highest BCUT2D eigenvalue weighted by atomic mass is 32.2. The van der Waals surface area contributed by atoms with Crippen LogP contribution in [0.25, 0.3) is 22.1 Å². The van der Waals surface area contributed by atoms with Crippen LogP contribution in [0, 0.1) is 0 Å². The lowest BCUT2D eigenvalue weighted by Gasteiger charge is -2.18. The summed E-state index contributed by atoms with van der Waals surface area (Å²) in [6.07, 6.45) is 4.96. The quantitative estimate of drug-likeness (QED) is 0.482. The van der Waals surface area contributed by atoms with Gasteiger partial charge in [0, 0.05) is 23.4 Å². The molecule has 144 valence electrons. The van der Waals surface area contributed by atoms with Gasteiger partial charge in [0.25, 0.3) is 10.1 Å². The van der Waals surface area contributed by atoms with Crippen molar-refractivity contribution >= 4 is 21.1 Å². The molecule has 1 aromatic heterocycles. The first-order valence-electron chi connectivity index (χ1n) is 9.04. The van der Waals surface area contributed by atoms with Gasteiger partial charge in [-0.15, -0.1) is 0 Å². The second-order valence-corrected chi connectivity index (χ2v) is 8.16. The number of hydrogen-bond donors (Lipinski definition) is 0. The number of rotatable bonds is 9. The van der Waals surface area contributed by atoms with Crippen LogP contribution in [0.5, 0.6) is 5.75 Å². The van der Waals surface area contributed by atoms with E-state index in [1.165, 1.54) is 0 Å². The van der Waals surface area contributed by atoms with Gasteiger partial charge in [0.1, 0.15) is 17.4 Å². The highest BCUT2D eigenvalue weighted by Gasteiger charge is 2.14. The van der Waals surface area contributed by atoms with Crippen molar-refractivity contribution in [3.8, 4) is 16.9 Å². The standard InChI is InChI=1S/C21H24O5S/c1-3-7-17(12-13-25-27(2,22)23)26-18-10-11-19-20(15-24-21(19)14-18)16-8-5-4-6-9-16/h4-6,8-11,14-15,17H,3,7,12-13H2,1-2H3. The predicted molar refractivity (Wildman–Crippen MR) is 106 cm³/mol. The Kier molecular flexibility index (Phi) is 6.19. The summed E-state index contributed by atoms with van der Waals surface area (Å²) in [5, 5.41) is 1.03. The van der Waals surface area contributed by atoms with Crippen LogP contribution in [0.2, 0.25) is 0 Å². The first kappa shape index (κ1) is 19.5. The minimum atomic E-state index is -3.43. The van der Waals surface area contributed by atoms with E-state index >= 15 is 0 Å². The van der Waals surface area contributed by atoms with Crippen LogP contribution in [-0.4, -0.2) is 27.4 Å². The summed E-state index contributed by atoms with van der Waals surface area (Å²) >= 11 is 0. The molecule has 0 amide bonds. The lowest BCUT2D eigenvalue weighted by molar-refractivity contribution is 0.154. The van der Waals surface area contributed by atoms with E-state index in [9.17, 15) is 8.42 Å². The van der Waals surface area contributed by atoms with Crippen molar-refractivity contribution in [1.29, 1.82) is 0 Å². The van der Waals surface area contributed by atoms with Gasteiger partial charge in [-0.05, 0) is 24.1 Å². The zero-order valence-electron chi connectivity index (χ0n) is 15.6. The number of benzene rings is 2. The zero-order valence-corrected chi connectivity index (χ0v) is 16.4. The van der Waals surface area contributed by atoms with Gasteiger partial charge in [-0.3, -0.25) is 4.18 Å². The van der Waals surface area contributed by atoms with Gasteiger partial charge in [0.2, 0.25) is 0 Å². The minimum absolute atomic E-state index is 0.113. The molecule has 1 atom stereocenters. The SMILES string of the molecule is CCCC(CCOS(C)(=O)=O)Oc1ccc2c(-c3ccccc3)coc2c1. The summed E-state index contributed by atoms with van der Waals surface area (Å²) in [5.74, 6) is 0.703. The summed E-state index contributed by atoms with van der Waals surface area (Å²) in [4.78, 5) is 0. The largest absolute Gasteiger partial charge is 0.490 e. The number of ether oxygens (including phenoxy) is 1. The van der Waals surface area contributed by atoms with Gasteiger partial charge in [0.05, 0.1) is 19.1 Å². The highest BCUT2D eigenvalue weighted by Crippen LogP contribution is 2.33. The van der Waals surface area contributed by atoms with E-state index in [1.54, 1.807) is 6.26 Å². The second-order valence-electron chi connectivity index (χ2n) is 6.52. The lowest BCUT2D eigenvalue weighted by atomic mass is 10.0. The molecule has 0 saturated heterocycles. The Bertz CT molecular complexity index is 976. The van der Waals surface area contributed by atoms with Crippen molar-refractivity contribution in [1.82, 2.24) is 0 Å². The molecule has 27 heavy (non-hydrogen) atoms. The zero-order chi connectivity index (χ0) is 19.3. The topological polar surface area (TPSA) is 65.7 Å². The van der Waals surface area contributed by atoms with E-state index in [4.69, 9.17) is 13.3 Å². The Morgan fingerprint density at radius 2 is 1.85 bits per heavy atom. The van der Waals surface area contributed by atoms with Crippen molar-refractivity contribution in [3.63, 3.8) is 0 Å². The molecule has 0 aliphatic carbocycles. The summed E-state index contributed by atoms with van der Waals surface area (Å²) < 4.78 is 38.9. The van der Waals surface area contributed by atoms with Crippen LogP contribution in [0.15, 0.2) is 59.2 Å². The van der Waals surface area contributed by atoms with Gasteiger partial charge in [-0.25, -0.2) is 0 Å². The number of hydrogen-bond acceptors (Lipinski definition) is 5. The molecule has 3 rings (SSSR count). The van der Waals surface area contributed by atoms with Gasteiger partial charge in [-0.1, -0.05) is 43.7 Å². The fourth-order valence-corrected chi connectivity index (χ4v) is 3.43. The van der Waals surface area contributed by atoms with Crippen LogP contribution >= 0.6 is 0 Å². The molecule has 5 nitrogen and oxygen atoms in total. The normalized spacial score (nSPS) is 13.0. The van der Waals surface area contributed by atoms with Gasteiger partial charge < -0.3 is 9.15 Å². The van der Waals surface area contributed by atoms with Gasteiger partial charge in [-0.2, -0.15) is 8.42 Å². The lowest BCUT2D eigenvalue weighted by Crippen LogP contribution is -2.19. The Morgan fingerprint density at radius 3 is 2.56 bits per heavy atom. The molecule has 3 aromatic rings.